The summed E-state index contributed by atoms with van der Waals surface area (Å²) in [5.74, 6) is 0.727. The Hall–Kier alpha value is -2.01. The molecule has 0 aromatic carbocycles. The van der Waals surface area contributed by atoms with Crippen LogP contribution in [0.25, 0.3) is 0 Å². The molecule has 0 amide bonds. The number of nitrogens with one attached hydrogen (secondary N) is 1. The van der Waals surface area contributed by atoms with Gasteiger partial charge in [0.1, 0.15) is 10.8 Å². The van der Waals surface area contributed by atoms with Gasteiger partial charge in [0.2, 0.25) is 0 Å². The molecule has 5 heteroatoms. The van der Waals surface area contributed by atoms with E-state index in [2.05, 4.69) is 16.4 Å². The minimum Gasteiger partial charge on any atom is -0.389 e. The number of fused-ring (bicyclic) bond motifs is 1. The summed E-state index contributed by atoms with van der Waals surface area (Å²) in [6.07, 6.45) is 6.81. The minimum atomic E-state index is 0.371. The summed E-state index contributed by atoms with van der Waals surface area (Å²) in [4.78, 5) is 9.24. The normalized spacial score (nSPS) is 13.1. The van der Waals surface area contributed by atoms with Gasteiger partial charge >= 0.3 is 0 Å². The number of aryl methyl sites for hydroxylation is 3. The maximum Gasteiger partial charge on any atom is 0.140 e. The van der Waals surface area contributed by atoms with E-state index in [9.17, 15) is 0 Å². The number of thiocarbonyl (C=S) groups is 1. The third-order valence-electron chi connectivity index (χ3n) is 3.45. The Morgan fingerprint density at radius 1 is 1.30 bits per heavy atom. The van der Waals surface area contributed by atoms with Gasteiger partial charge in [-0.1, -0.05) is 12.2 Å². The van der Waals surface area contributed by atoms with Gasteiger partial charge in [-0.2, -0.15) is 0 Å². The van der Waals surface area contributed by atoms with Gasteiger partial charge in [-0.3, -0.25) is 4.98 Å². The van der Waals surface area contributed by atoms with Crippen molar-refractivity contribution in [2.24, 2.45) is 5.73 Å². The zero-order valence-corrected chi connectivity index (χ0v) is 12.1. The Morgan fingerprint density at radius 3 is 2.90 bits per heavy atom. The first-order valence-electron chi connectivity index (χ1n) is 6.65. The van der Waals surface area contributed by atoms with Gasteiger partial charge in [0, 0.05) is 11.9 Å². The fourth-order valence-corrected chi connectivity index (χ4v) is 2.67. The smallest absolute Gasteiger partial charge is 0.140 e. The Labute approximate surface area is 123 Å². The number of nitrogens with two attached hydrogens (primary N) is 1. The van der Waals surface area contributed by atoms with Crippen molar-refractivity contribution in [1.82, 2.24) is 9.97 Å². The van der Waals surface area contributed by atoms with E-state index in [4.69, 9.17) is 22.9 Å². The number of pyridine rings is 2. The molecule has 3 rings (SSSR count). The molecule has 0 saturated heterocycles. The number of aromatic nitrogens is 2. The zero-order chi connectivity index (χ0) is 14.1. The molecule has 0 atom stereocenters. The highest BCUT2D eigenvalue weighted by Crippen LogP contribution is 2.27. The van der Waals surface area contributed by atoms with Crippen LogP contribution in [0.5, 0.6) is 0 Å². The lowest BCUT2D eigenvalue weighted by Crippen LogP contribution is -2.14. The Bertz CT molecular complexity index is 682. The average molecular weight is 284 g/mol. The number of hydrogen-bond acceptors (Lipinski definition) is 4. The molecule has 20 heavy (non-hydrogen) atoms. The van der Waals surface area contributed by atoms with Gasteiger partial charge in [-0.15, -0.1) is 0 Å². The van der Waals surface area contributed by atoms with Gasteiger partial charge in [0.25, 0.3) is 0 Å². The monoisotopic (exact) mass is 284 g/mol. The van der Waals surface area contributed by atoms with Crippen LogP contribution in [0, 0.1) is 6.92 Å². The number of nitrogens with zero attached hydrogens (tertiary/aromatic N) is 2. The van der Waals surface area contributed by atoms with Gasteiger partial charge in [-0.05, 0) is 49.4 Å². The molecule has 1 aliphatic rings. The lowest BCUT2D eigenvalue weighted by molar-refractivity contribution is 0.900. The first-order chi connectivity index (χ1) is 9.63. The summed E-state index contributed by atoms with van der Waals surface area (Å²) in [5, 5.41) is 3.28. The summed E-state index contributed by atoms with van der Waals surface area (Å²) in [6, 6.07) is 4.09. The molecule has 0 unspecified atom stereocenters. The first kappa shape index (κ1) is 13.0. The molecule has 0 bridgehead atoms. The van der Waals surface area contributed by atoms with Crippen molar-refractivity contribution in [3.05, 3.63) is 46.9 Å². The van der Waals surface area contributed by atoms with Crippen LogP contribution < -0.4 is 11.1 Å². The van der Waals surface area contributed by atoms with Crippen molar-refractivity contribution in [2.75, 3.05) is 5.32 Å². The maximum atomic E-state index is 5.83. The fourth-order valence-electron chi connectivity index (χ4n) is 2.52. The fraction of sp³-hybridized carbons (Fsp3) is 0.267. The van der Waals surface area contributed by atoms with E-state index in [0.717, 1.165) is 47.6 Å². The topological polar surface area (TPSA) is 63.8 Å². The van der Waals surface area contributed by atoms with E-state index in [-0.39, 0.29) is 0 Å². The van der Waals surface area contributed by atoms with E-state index < -0.39 is 0 Å². The Kier molecular flexibility index (Phi) is 3.36. The highest BCUT2D eigenvalue weighted by atomic mass is 32.1. The third-order valence-corrected chi connectivity index (χ3v) is 3.67. The summed E-state index contributed by atoms with van der Waals surface area (Å²) < 4.78 is 0. The molecule has 0 saturated carbocycles. The number of hydrogen-bond donors (Lipinski definition) is 2. The van der Waals surface area contributed by atoms with E-state index >= 15 is 0 Å². The molecule has 0 radical (unpaired) electrons. The predicted octanol–water partition coefficient (Wildman–Crippen LogP) is 2.65. The molecule has 1 aliphatic carbocycles. The lowest BCUT2D eigenvalue weighted by Gasteiger charge is -2.12. The molecule has 0 spiro atoms. The lowest BCUT2D eigenvalue weighted by atomic mass is 10.1. The molecule has 2 heterocycles. The summed E-state index contributed by atoms with van der Waals surface area (Å²) in [5.41, 5.74) is 11.0. The number of rotatable bonds is 3. The molecule has 4 nitrogen and oxygen atoms in total. The second-order valence-electron chi connectivity index (χ2n) is 5.08. The van der Waals surface area contributed by atoms with Gasteiger partial charge < -0.3 is 11.1 Å². The van der Waals surface area contributed by atoms with Gasteiger partial charge in [-0.25, -0.2) is 4.98 Å². The van der Waals surface area contributed by atoms with Crippen LogP contribution in [0.1, 0.15) is 28.8 Å². The second kappa shape index (κ2) is 5.17. The minimum absolute atomic E-state index is 0.371. The van der Waals surface area contributed by atoms with Gasteiger partial charge in [0.05, 0.1) is 17.4 Å². The van der Waals surface area contributed by atoms with Crippen LogP contribution in [0.2, 0.25) is 0 Å². The van der Waals surface area contributed by atoms with Crippen molar-refractivity contribution in [1.29, 1.82) is 0 Å². The van der Waals surface area contributed by atoms with E-state index in [1.165, 1.54) is 5.56 Å². The molecular weight excluding hydrogens is 268 g/mol. The zero-order valence-electron chi connectivity index (χ0n) is 11.3. The molecule has 3 N–H and O–H groups in total. The van der Waals surface area contributed by atoms with Crippen molar-refractivity contribution >= 4 is 28.7 Å². The maximum absolute atomic E-state index is 5.83. The van der Waals surface area contributed by atoms with E-state index in [1.807, 2.05) is 19.2 Å². The van der Waals surface area contributed by atoms with Crippen LogP contribution in [-0.2, 0) is 12.8 Å². The molecular formula is C15H16N4S. The molecule has 0 fully saturated rings. The van der Waals surface area contributed by atoms with Crippen LogP contribution in [0.3, 0.4) is 0 Å². The highest BCUT2D eigenvalue weighted by molar-refractivity contribution is 7.80. The van der Waals surface area contributed by atoms with Crippen molar-refractivity contribution in [2.45, 2.75) is 26.2 Å². The Morgan fingerprint density at radius 2 is 2.15 bits per heavy atom. The molecule has 102 valence electrons. The van der Waals surface area contributed by atoms with Crippen LogP contribution >= 0.6 is 12.2 Å². The predicted molar refractivity (Wildman–Crippen MR) is 84.4 cm³/mol. The van der Waals surface area contributed by atoms with Crippen molar-refractivity contribution in [3.8, 4) is 0 Å². The third kappa shape index (κ3) is 2.49. The van der Waals surface area contributed by atoms with Crippen LogP contribution in [0.15, 0.2) is 24.5 Å². The molecule has 0 aliphatic heterocycles. The SMILES string of the molecule is Cc1cncc(Nc2nc3c(cc2C(N)=S)CCC3)c1. The number of anilines is 2. The molecule has 2 aromatic heterocycles. The summed E-state index contributed by atoms with van der Waals surface area (Å²) >= 11 is 5.14. The largest absolute Gasteiger partial charge is 0.389 e. The van der Waals surface area contributed by atoms with Crippen molar-refractivity contribution in [3.63, 3.8) is 0 Å². The van der Waals surface area contributed by atoms with Crippen LogP contribution in [0.4, 0.5) is 11.5 Å². The average Bonchev–Trinajstić information content (AvgIpc) is 2.84. The molecule has 2 aromatic rings. The van der Waals surface area contributed by atoms with Gasteiger partial charge in [0.15, 0.2) is 0 Å². The summed E-state index contributed by atoms with van der Waals surface area (Å²) in [7, 11) is 0. The van der Waals surface area contributed by atoms with E-state index in [0.29, 0.717) is 4.99 Å². The van der Waals surface area contributed by atoms with Crippen molar-refractivity contribution < 1.29 is 0 Å². The standard InChI is InChI=1S/C15H16N4S/c1-9-5-11(8-17-7-9)18-15-12(14(16)20)6-10-3-2-4-13(10)19-15/h5-8H,2-4H2,1H3,(H2,16,20)(H,18,19). The van der Waals surface area contributed by atoms with Crippen LogP contribution in [-0.4, -0.2) is 15.0 Å². The Balaban J connectivity index is 2.01. The second-order valence-corrected chi connectivity index (χ2v) is 5.52. The highest BCUT2D eigenvalue weighted by Gasteiger charge is 2.17. The summed E-state index contributed by atoms with van der Waals surface area (Å²) in [6.45, 7) is 2.00. The van der Waals surface area contributed by atoms with E-state index in [1.54, 1.807) is 6.20 Å². The first-order valence-corrected chi connectivity index (χ1v) is 7.05. The quantitative estimate of drug-likeness (QED) is 0.848.